The molecular weight excluding hydrogens is 391 g/mol. The number of nitrogens with one attached hydrogen (secondary N) is 1. The topological polar surface area (TPSA) is 49.4 Å². The number of amides is 2. The van der Waals surface area contributed by atoms with Crippen LogP contribution in [0.4, 0.5) is 15.8 Å². The number of anilines is 2. The van der Waals surface area contributed by atoms with E-state index in [1.807, 2.05) is 43.3 Å². The van der Waals surface area contributed by atoms with Crippen LogP contribution in [0.15, 0.2) is 78.5 Å². The van der Waals surface area contributed by atoms with Gasteiger partial charge < -0.3 is 5.32 Å². The number of imide groups is 1. The van der Waals surface area contributed by atoms with Gasteiger partial charge in [-0.25, -0.2) is 9.29 Å². The van der Waals surface area contributed by atoms with E-state index in [-0.39, 0.29) is 11.3 Å². The van der Waals surface area contributed by atoms with E-state index in [0.717, 1.165) is 11.1 Å². The molecule has 2 amide bonds. The van der Waals surface area contributed by atoms with Crippen LogP contribution < -0.4 is 10.2 Å². The Bertz CT molecular complexity index is 1180. The molecule has 1 aliphatic heterocycles. The first kappa shape index (κ1) is 20.5. The van der Waals surface area contributed by atoms with E-state index in [4.69, 9.17) is 0 Å². The summed E-state index contributed by atoms with van der Waals surface area (Å²) < 4.78 is 13.7. The predicted octanol–water partition coefficient (Wildman–Crippen LogP) is 5.65. The van der Waals surface area contributed by atoms with Crippen molar-refractivity contribution in [1.29, 1.82) is 0 Å². The fraction of sp³-hybridized carbons (Fsp3) is 0.154. The number of halogens is 1. The molecule has 4 rings (SSSR count). The van der Waals surface area contributed by atoms with Crippen LogP contribution in [0.3, 0.4) is 0 Å². The second kappa shape index (κ2) is 8.19. The van der Waals surface area contributed by atoms with Crippen LogP contribution in [0.5, 0.6) is 0 Å². The lowest BCUT2D eigenvalue weighted by molar-refractivity contribution is -0.120. The Morgan fingerprint density at radius 1 is 0.871 bits per heavy atom. The Kier molecular flexibility index (Phi) is 5.42. The van der Waals surface area contributed by atoms with Crippen molar-refractivity contribution < 1.29 is 14.0 Å². The average molecular weight is 414 g/mol. The summed E-state index contributed by atoms with van der Waals surface area (Å²) >= 11 is 0. The van der Waals surface area contributed by atoms with Crippen LogP contribution in [0.2, 0.25) is 0 Å². The molecule has 5 heteroatoms. The van der Waals surface area contributed by atoms with Crippen LogP contribution in [0, 0.1) is 12.7 Å². The molecule has 0 fully saturated rings. The molecular formula is C26H23FN2O2. The third-order valence-corrected chi connectivity index (χ3v) is 5.34. The van der Waals surface area contributed by atoms with Gasteiger partial charge in [-0.1, -0.05) is 61.9 Å². The van der Waals surface area contributed by atoms with Crippen LogP contribution in [-0.4, -0.2) is 11.8 Å². The highest BCUT2D eigenvalue weighted by molar-refractivity contribution is 6.46. The van der Waals surface area contributed by atoms with Gasteiger partial charge in [0.05, 0.1) is 11.3 Å². The molecule has 0 aliphatic carbocycles. The molecule has 0 spiro atoms. The SMILES string of the molecule is Cc1ccc(C2=C(Nc3cccc(F)c3)C(=O)N(c3ccc(C(C)C)cc3)C2=O)cc1. The summed E-state index contributed by atoms with van der Waals surface area (Å²) in [5.41, 5.74) is 4.09. The Morgan fingerprint density at radius 2 is 1.55 bits per heavy atom. The summed E-state index contributed by atoms with van der Waals surface area (Å²) in [6.07, 6.45) is 0. The van der Waals surface area contributed by atoms with E-state index < -0.39 is 17.6 Å². The summed E-state index contributed by atoms with van der Waals surface area (Å²) in [5.74, 6) is -0.974. The molecule has 0 bridgehead atoms. The number of hydrogen-bond acceptors (Lipinski definition) is 3. The predicted molar refractivity (Wildman–Crippen MR) is 121 cm³/mol. The number of benzene rings is 3. The van der Waals surface area contributed by atoms with E-state index in [1.165, 1.54) is 17.0 Å². The molecule has 1 aliphatic rings. The van der Waals surface area contributed by atoms with Gasteiger partial charge >= 0.3 is 0 Å². The highest BCUT2D eigenvalue weighted by Gasteiger charge is 2.40. The third-order valence-electron chi connectivity index (χ3n) is 5.34. The smallest absolute Gasteiger partial charge is 0.282 e. The molecule has 1 heterocycles. The van der Waals surface area contributed by atoms with E-state index in [0.29, 0.717) is 22.9 Å². The van der Waals surface area contributed by atoms with Crippen LogP contribution in [-0.2, 0) is 9.59 Å². The van der Waals surface area contributed by atoms with Crippen molar-refractivity contribution in [2.75, 3.05) is 10.2 Å². The first-order valence-corrected chi connectivity index (χ1v) is 10.2. The van der Waals surface area contributed by atoms with Gasteiger partial charge in [-0.05, 0) is 54.3 Å². The van der Waals surface area contributed by atoms with Crippen LogP contribution in [0.1, 0.15) is 36.5 Å². The fourth-order valence-electron chi connectivity index (χ4n) is 3.59. The lowest BCUT2D eigenvalue weighted by Gasteiger charge is -2.16. The lowest BCUT2D eigenvalue weighted by atomic mass is 10.0. The van der Waals surface area contributed by atoms with Gasteiger partial charge in [-0.2, -0.15) is 0 Å². The highest BCUT2D eigenvalue weighted by Crippen LogP contribution is 2.34. The monoisotopic (exact) mass is 414 g/mol. The standard InChI is InChI=1S/C26H23FN2O2/c1-16(2)18-11-13-22(14-12-18)29-25(30)23(19-9-7-17(3)8-10-19)24(26(29)31)28-21-6-4-5-20(27)15-21/h4-16,28H,1-3H3. The van der Waals surface area contributed by atoms with Gasteiger partial charge in [0.2, 0.25) is 0 Å². The molecule has 1 N–H and O–H groups in total. The minimum atomic E-state index is -0.470. The highest BCUT2D eigenvalue weighted by atomic mass is 19.1. The molecule has 0 radical (unpaired) electrons. The van der Waals surface area contributed by atoms with Crippen LogP contribution in [0.25, 0.3) is 5.57 Å². The third kappa shape index (κ3) is 3.99. The van der Waals surface area contributed by atoms with Crippen molar-refractivity contribution in [2.45, 2.75) is 26.7 Å². The molecule has 0 aromatic heterocycles. The normalized spacial score (nSPS) is 14.0. The zero-order valence-electron chi connectivity index (χ0n) is 17.6. The second-order valence-corrected chi connectivity index (χ2v) is 7.94. The van der Waals surface area contributed by atoms with Crippen LogP contribution >= 0.6 is 0 Å². The molecule has 31 heavy (non-hydrogen) atoms. The molecule has 4 nitrogen and oxygen atoms in total. The van der Waals surface area contributed by atoms with Crippen molar-refractivity contribution in [1.82, 2.24) is 0 Å². The van der Waals surface area contributed by atoms with Crippen molar-refractivity contribution in [3.05, 3.63) is 101 Å². The van der Waals surface area contributed by atoms with Crippen molar-refractivity contribution in [3.8, 4) is 0 Å². The zero-order valence-corrected chi connectivity index (χ0v) is 17.6. The first-order valence-electron chi connectivity index (χ1n) is 10.2. The largest absolute Gasteiger partial charge is 0.350 e. The van der Waals surface area contributed by atoms with Crippen molar-refractivity contribution in [2.24, 2.45) is 0 Å². The maximum Gasteiger partial charge on any atom is 0.282 e. The van der Waals surface area contributed by atoms with Gasteiger partial charge in [0, 0.05) is 5.69 Å². The molecule has 3 aromatic rings. The molecule has 0 saturated carbocycles. The summed E-state index contributed by atoms with van der Waals surface area (Å²) in [6.45, 7) is 6.12. The molecule has 3 aromatic carbocycles. The summed E-state index contributed by atoms with van der Waals surface area (Å²) in [7, 11) is 0. The molecule has 156 valence electrons. The summed E-state index contributed by atoms with van der Waals surface area (Å²) in [6, 6.07) is 20.6. The van der Waals surface area contributed by atoms with E-state index in [2.05, 4.69) is 19.2 Å². The fourth-order valence-corrected chi connectivity index (χ4v) is 3.59. The Hall–Kier alpha value is -3.73. The minimum absolute atomic E-state index is 0.132. The van der Waals surface area contributed by atoms with Crippen molar-refractivity contribution >= 4 is 28.8 Å². The summed E-state index contributed by atoms with van der Waals surface area (Å²) in [4.78, 5) is 28.0. The number of nitrogens with zero attached hydrogens (tertiary/aromatic N) is 1. The molecule has 0 unspecified atom stereocenters. The lowest BCUT2D eigenvalue weighted by Crippen LogP contribution is -2.32. The maximum atomic E-state index is 13.7. The first-order chi connectivity index (χ1) is 14.8. The van der Waals surface area contributed by atoms with E-state index in [1.54, 1.807) is 24.3 Å². The Labute approximate surface area is 181 Å². The van der Waals surface area contributed by atoms with Gasteiger partial charge in [-0.15, -0.1) is 0 Å². The van der Waals surface area contributed by atoms with Gasteiger partial charge in [-0.3, -0.25) is 9.59 Å². The minimum Gasteiger partial charge on any atom is -0.350 e. The number of hydrogen-bond donors (Lipinski definition) is 1. The Balaban J connectivity index is 1.78. The summed E-state index contributed by atoms with van der Waals surface area (Å²) in [5, 5.41) is 2.98. The number of carbonyl (C=O) groups is 2. The van der Waals surface area contributed by atoms with E-state index in [9.17, 15) is 14.0 Å². The Morgan fingerprint density at radius 3 is 2.16 bits per heavy atom. The molecule has 0 atom stereocenters. The quantitative estimate of drug-likeness (QED) is 0.549. The van der Waals surface area contributed by atoms with Crippen molar-refractivity contribution in [3.63, 3.8) is 0 Å². The number of carbonyl (C=O) groups excluding carboxylic acids is 2. The zero-order chi connectivity index (χ0) is 22.1. The average Bonchev–Trinajstić information content (AvgIpc) is 2.98. The van der Waals surface area contributed by atoms with Gasteiger partial charge in [0.25, 0.3) is 11.8 Å². The molecule has 0 saturated heterocycles. The number of rotatable bonds is 5. The van der Waals surface area contributed by atoms with E-state index >= 15 is 0 Å². The second-order valence-electron chi connectivity index (χ2n) is 7.94. The van der Waals surface area contributed by atoms with Gasteiger partial charge in [0.15, 0.2) is 0 Å². The maximum absolute atomic E-state index is 13.7. The number of aryl methyl sites for hydroxylation is 1. The van der Waals surface area contributed by atoms with Gasteiger partial charge in [0.1, 0.15) is 11.5 Å².